The summed E-state index contributed by atoms with van der Waals surface area (Å²) in [4.78, 5) is 32.1. The first-order valence-corrected chi connectivity index (χ1v) is 13.0. The number of carbonyl (C=O) groups is 2. The van der Waals surface area contributed by atoms with Gasteiger partial charge >= 0.3 is 5.91 Å². The van der Waals surface area contributed by atoms with Crippen molar-refractivity contribution in [3.63, 3.8) is 0 Å². The Bertz CT molecular complexity index is 1280. The summed E-state index contributed by atoms with van der Waals surface area (Å²) >= 11 is 1.24. The molecule has 1 fully saturated rings. The Morgan fingerprint density at radius 2 is 1.86 bits per heavy atom. The number of carbonyl (C=O) groups excluding carboxylic acids is 2. The Morgan fingerprint density at radius 1 is 1.11 bits per heavy atom. The Labute approximate surface area is 220 Å². The highest BCUT2D eigenvalue weighted by atomic mass is 32.1. The minimum atomic E-state index is -0.905. The van der Waals surface area contributed by atoms with Crippen LogP contribution in [0.4, 0.5) is 5.13 Å². The number of anilines is 1. The van der Waals surface area contributed by atoms with Crippen LogP contribution in [0.3, 0.4) is 0 Å². The molecule has 1 atom stereocenters. The molecule has 1 N–H and O–H groups in total. The third kappa shape index (κ3) is 5.46. The second-order valence-electron chi connectivity index (χ2n) is 8.88. The van der Waals surface area contributed by atoms with E-state index in [9.17, 15) is 14.7 Å². The third-order valence-corrected chi connectivity index (χ3v) is 6.74. The first-order valence-electron chi connectivity index (χ1n) is 12.1. The summed E-state index contributed by atoms with van der Waals surface area (Å²) in [5, 5.41) is 13.4. The lowest BCUT2D eigenvalue weighted by Gasteiger charge is -2.24. The van der Waals surface area contributed by atoms with Crippen LogP contribution in [0.25, 0.3) is 5.76 Å². The third-order valence-electron chi connectivity index (χ3n) is 5.97. The number of aliphatic hydroxyl groups is 1. The van der Waals surface area contributed by atoms with Crippen molar-refractivity contribution in [2.75, 3.05) is 25.2 Å². The Hall–Kier alpha value is -3.85. The lowest BCUT2D eigenvalue weighted by atomic mass is 9.95. The van der Waals surface area contributed by atoms with Gasteiger partial charge in [0.15, 0.2) is 16.6 Å². The van der Waals surface area contributed by atoms with Crippen LogP contribution < -0.4 is 19.1 Å². The fourth-order valence-electron chi connectivity index (χ4n) is 4.07. The zero-order valence-corrected chi connectivity index (χ0v) is 22.1. The van der Waals surface area contributed by atoms with E-state index < -0.39 is 17.7 Å². The maximum Gasteiger partial charge on any atom is 0.301 e. The molecule has 4 rings (SSSR count). The number of hydrogen-bond acceptors (Lipinski definition) is 8. The zero-order valence-electron chi connectivity index (χ0n) is 21.3. The molecule has 3 aromatic rings. The summed E-state index contributed by atoms with van der Waals surface area (Å²) in [6, 6.07) is 11.0. The maximum atomic E-state index is 13.3. The highest BCUT2D eigenvalue weighted by Gasteiger charge is 2.48. The number of nitrogens with zero attached hydrogens (tertiary/aromatic N) is 2. The molecule has 37 heavy (non-hydrogen) atoms. The number of methoxy groups -OCH3 is 1. The second-order valence-corrected chi connectivity index (χ2v) is 9.76. The molecule has 8 nitrogen and oxygen atoms in total. The van der Waals surface area contributed by atoms with Gasteiger partial charge in [-0.1, -0.05) is 19.9 Å². The number of hydrogen-bond donors (Lipinski definition) is 1. The number of amides is 1. The SMILES string of the molecule is CCOc1cc(C2C(=C(O)c3ccc(OC)cc3)C(=O)C(=O)N2c2nccs2)ccc1OCCC(C)C. The molecule has 9 heteroatoms. The number of rotatable bonds is 10. The molecule has 0 saturated carbocycles. The molecular formula is C28H30N2O6S. The molecule has 2 aromatic carbocycles. The number of ketones is 1. The summed E-state index contributed by atoms with van der Waals surface area (Å²) in [6.45, 7) is 7.06. The van der Waals surface area contributed by atoms with Crippen LogP contribution in [-0.2, 0) is 9.59 Å². The molecular weight excluding hydrogens is 492 g/mol. The molecule has 0 spiro atoms. The van der Waals surface area contributed by atoms with Crippen LogP contribution >= 0.6 is 11.3 Å². The Kier molecular flexibility index (Phi) is 8.13. The van der Waals surface area contributed by atoms with Gasteiger partial charge in [-0.05, 0) is 61.2 Å². The standard InChI is InChI=1S/C28H30N2O6S/c1-5-35-22-16-19(8-11-21(22)36-14-12-17(2)3)24-23(25(31)18-6-9-20(34-4)10-7-18)26(32)27(33)30(24)28-29-13-15-37-28/h6-11,13,15-17,24,31H,5,12,14H2,1-4H3. The van der Waals surface area contributed by atoms with E-state index in [1.165, 1.54) is 16.2 Å². The van der Waals surface area contributed by atoms with Crippen LogP contribution in [-0.4, -0.2) is 42.1 Å². The van der Waals surface area contributed by atoms with Crippen LogP contribution in [0.2, 0.25) is 0 Å². The minimum Gasteiger partial charge on any atom is -0.507 e. The van der Waals surface area contributed by atoms with Crippen molar-refractivity contribution in [2.45, 2.75) is 33.2 Å². The van der Waals surface area contributed by atoms with Gasteiger partial charge < -0.3 is 19.3 Å². The number of ether oxygens (including phenoxy) is 3. The molecule has 0 bridgehead atoms. The average molecular weight is 523 g/mol. The van der Waals surface area contributed by atoms with Gasteiger partial charge in [-0.2, -0.15) is 0 Å². The molecule has 2 heterocycles. The number of aromatic nitrogens is 1. The van der Waals surface area contributed by atoms with Crippen molar-refractivity contribution in [2.24, 2.45) is 5.92 Å². The van der Waals surface area contributed by atoms with E-state index in [0.717, 1.165) is 6.42 Å². The highest BCUT2D eigenvalue weighted by molar-refractivity contribution is 7.14. The van der Waals surface area contributed by atoms with Crippen LogP contribution in [0.1, 0.15) is 44.4 Å². The highest BCUT2D eigenvalue weighted by Crippen LogP contribution is 2.44. The topological polar surface area (TPSA) is 98.2 Å². The molecule has 1 amide bonds. The van der Waals surface area contributed by atoms with Crippen LogP contribution in [0.15, 0.2) is 59.6 Å². The van der Waals surface area contributed by atoms with Crippen molar-refractivity contribution >= 4 is 33.9 Å². The van der Waals surface area contributed by atoms with Crippen LogP contribution in [0.5, 0.6) is 17.2 Å². The lowest BCUT2D eigenvalue weighted by Crippen LogP contribution is -2.29. The molecule has 1 aliphatic heterocycles. The molecule has 1 aliphatic rings. The first-order chi connectivity index (χ1) is 17.8. The molecule has 1 saturated heterocycles. The zero-order chi connectivity index (χ0) is 26.5. The van der Waals surface area contributed by atoms with Crippen molar-refractivity contribution < 1.29 is 28.9 Å². The largest absolute Gasteiger partial charge is 0.507 e. The van der Waals surface area contributed by atoms with E-state index >= 15 is 0 Å². The van der Waals surface area contributed by atoms with E-state index in [-0.39, 0.29) is 11.3 Å². The van der Waals surface area contributed by atoms with Gasteiger partial charge in [0.2, 0.25) is 0 Å². The number of Topliss-reactive ketones (excluding diaryl/α,β-unsaturated/α-hetero) is 1. The monoisotopic (exact) mass is 522 g/mol. The number of aliphatic hydroxyl groups excluding tert-OH is 1. The van der Waals surface area contributed by atoms with Gasteiger partial charge in [-0.15, -0.1) is 11.3 Å². The Morgan fingerprint density at radius 3 is 2.49 bits per heavy atom. The Balaban J connectivity index is 1.83. The van der Waals surface area contributed by atoms with E-state index in [0.29, 0.717) is 52.6 Å². The van der Waals surface area contributed by atoms with Crippen molar-refractivity contribution in [1.82, 2.24) is 4.98 Å². The maximum absolute atomic E-state index is 13.3. The normalized spacial score (nSPS) is 16.9. The van der Waals surface area contributed by atoms with E-state index in [4.69, 9.17) is 14.2 Å². The van der Waals surface area contributed by atoms with E-state index in [2.05, 4.69) is 18.8 Å². The van der Waals surface area contributed by atoms with E-state index in [1.807, 2.05) is 6.92 Å². The molecule has 1 unspecified atom stereocenters. The summed E-state index contributed by atoms with van der Waals surface area (Å²) < 4.78 is 17.0. The van der Waals surface area contributed by atoms with Gasteiger partial charge in [0.05, 0.1) is 31.9 Å². The van der Waals surface area contributed by atoms with E-state index in [1.54, 1.807) is 61.2 Å². The average Bonchev–Trinajstić information content (AvgIpc) is 3.51. The minimum absolute atomic E-state index is 0.0266. The lowest BCUT2D eigenvalue weighted by molar-refractivity contribution is -0.132. The fourth-order valence-corrected chi connectivity index (χ4v) is 4.74. The first kappa shape index (κ1) is 26.2. The van der Waals surface area contributed by atoms with Gasteiger partial charge in [0.1, 0.15) is 11.5 Å². The van der Waals surface area contributed by atoms with Gasteiger partial charge in [0, 0.05) is 17.1 Å². The van der Waals surface area contributed by atoms with Crippen molar-refractivity contribution in [3.8, 4) is 17.2 Å². The summed E-state index contributed by atoms with van der Waals surface area (Å²) in [7, 11) is 1.54. The van der Waals surface area contributed by atoms with Crippen LogP contribution in [0, 0.1) is 5.92 Å². The molecule has 1 aromatic heterocycles. The van der Waals surface area contributed by atoms with Crippen molar-refractivity contribution in [1.29, 1.82) is 0 Å². The number of benzene rings is 2. The fraction of sp³-hybridized carbons (Fsp3) is 0.321. The smallest absolute Gasteiger partial charge is 0.301 e. The van der Waals surface area contributed by atoms with Gasteiger partial charge in [-0.3, -0.25) is 14.5 Å². The summed E-state index contributed by atoms with van der Waals surface area (Å²) in [5.74, 6) is 0.344. The molecule has 194 valence electrons. The number of thiazole rings is 1. The second kappa shape index (κ2) is 11.5. The van der Waals surface area contributed by atoms with Crippen molar-refractivity contribution in [3.05, 3.63) is 70.7 Å². The summed E-state index contributed by atoms with van der Waals surface area (Å²) in [5.41, 5.74) is 0.951. The van der Waals surface area contributed by atoms with Gasteiger partial charge in [0.25, 0.3) is 5.78 Å². The predicted molar refractivity (Wildman–Crippen MR) is 142 cm³/mol. The molecule has 0 aliphatic carbocycles. The summed E-state index contributed by atoms with van der Waals surface area (Å²) in [6.07, 6.45) is 2.45. The van der Waals surface area contributed by atoms with Gasteiger partial charge in [-0.25, -0.2) is 4.98 Å². The predicted octanol–water partition coefficient (Wildman–Crippen LogP) is 5.60. The molecule has 0 radical (unpaired) electrons. The quantitative estimate of drug-likeness (QED) is 0.210.